The van der Waals surface area contributed by atoms with Crippen molar-refractivity contribution in [2.45, 2.75) is 33.1 Å². The van der Waals surface area contributed by atoms with Gasteiger partial charge in [-0.2, -0.15) is 0 Å². The summed E-state index contributed by atoms with van der Waals surface area (Å²) in [4.78, 5) is 22.3. The second kappa shape index (κ2) is 3.25. The summed E-state index contributed by atoms with van der Waals surface area (Å²) in [5.74, 6) is -0.0543. The molecule has 1 fully saturated rings. The van der Waals surface area contributed by atoms with Crippen LogP contribution in [0.2, 0.25) is 0 Å². The normalized spacial score (nSPS) is 29.0. The number of Topliss-reactive ketones (excluding diaryl/α,β-unsaturated/α-hetero) is 1. The third-order valence-corrected chi connectivity index (χ3v) is 2.31. The van der Waals surface area contributed by atoms with Crippen LogP contribution in [0.5, 0.6) is 0 Å². The Labute approximate surface area is 72.1 Å². The summed E-state index contributed by atoms with van der Waals surface area (Å²) < 4.78 is 4.89. The van der Waals surface area contributed by atoms with E-state index in [-0.39, 0.29) is 11.8 Å². The fourth-order valence-corrected chi connectivity index (χ4v) is 1.51. The smallest absolute Gasteiger partial charge is 0.312 e. The second-order valence-corrected chi connectivity index (χ2v) is 3.50. The van der Waals surface area contributed by atoms with Crippen molar-refractivity contribution in [2.24, 2.45) is 5.41 Å². The van der Waals surface area contributed by atoms with Gasteiger partial charge in [0.25, 0.3) is 0 Å². The average molecular weight is 170 g/mol. The van der Waals surface area contributed by atoms with E-state index in [4.69, 9.17) is 4.74 Å². The Hall–Kier alpha value is -0.860. The number of carbonyl (C=O) groups is 2. The molecule has 3 nitrogen and oxygen atoms in total. The molecule has 0 radical (unpaired) electrons. The van der Waals surface area contributed by atoms with Crippen molar-refractivity contribution >= 4 is 11.8 Å². The molecule has 1 unspecified atom stereocenters. The largest absolute Gasteiger partial charge is 0.466 e. The van der Waals surface area contributed by atoms with Gasteiger partial charge in [-0.25, -0.2) is 0 Å². The molecule has 12 heavy (non-hydrogen) atoms. The second-order valence-electron chi connectivity index (χ2n) is 3.50. The molecule has 0 saturated heterocycles. The molecule has 1 saturated carbocycles. The lowest BCUT2D eigenvalue weighted by Crippen LogP contribution is -2.27. The van der Waals surface area contributed by atoms with Crippen molar-refractivity contribution in [3.8, 4) is 0 Å². The third kappa shape index (κ3) is 1.65. The number of hydrogen-bond acceptors (Lipinski definition) is 3. The molecule has 0 aromatic rings. The molecule has 0 bridgehead atoms. The fraction of sp³-hybridized carbons (Fsp3) is 0.778. The Kier molecular flexibility index (Phi) is 2.50. The molecule has 68 valence electrons. The number of rotatable bonds is 2. The molecule has 0 aromatic carbocycles. The van der Waals surface area contributed by atoms with Gasteiger partial charge in [-0.05, 0) is 20.3 Å². The summed E-state index contributed by atoms with van der Waals surface area (Å²) >= 11 is 0. The van der Waals surface area contributed by atoms with Crippen LogP contribution in [0.3, 0.4) is 0 Å². The van der Waals surface area contributed by atoms with E-state index < -0.39 is 5.41 Å². The first kappa shape index (κ1) is 9.23. The van der Waals surface area contributed by atoms with Gasteiger partial charge in [0.05, 0.1) is 12.0 Å². The predicted octanol–water partition coefficient (Wildman–Crippen LogP) is 1.31. The van der Waals surface area contributed by atoms with Gasteiger partial charge in [-0.15, -0.1) is 0 Å². The predicted molar refractivity (Wildman–Crippen MR) is 43.6 cm³/mol. The van der Waals surface area contributed by atoms with Crippen molar-refractivity contribution in [2.75, 3.05) is 6.61 Å². The van der Waals surface area contributed by atoms with Crippen molar-refractivity contribution in [1.29, 1.82) is 0 Å². The maximum absolute atomic E-state index is 11.3. The topological polar surface area (TPSA) is 43.4 Å². The van der Waals surface area contributed by atoms with Crippen LogP contribution in [0.25, 0.3) is 0 Å². The Bertz CT molecular complexity index is 210. The third-order valence-electron chi connectivity index (χ3n) is 2.31. The van der Waals surface area contributed by atoms with Gasteiger partial charge in [0, 0.05) is 12.8 Å². The molecular weight excluding hydrogens is 156 g/mol. The minimum absolute atomic E-state index is 0.172. The van der Waals surface area contributed by atoms with Crippen molar-refractivity contribution in [3.05, 3.63) is 0 Å². The first-order valence-corrected chi connectivity index (χ1v) is 4.27. The van der Waals surface area contributed by atoms with E-state index in [0.29, 0.717) is 25.9 Å². The molecule has 0 N–H and O–H groups in total. The zero-order valence-corrected chi connectivity index (χ0v) is 7.55. The number of carbonyl (C=O) groups excluding carboxylic acids is 2. The van der Waals surface area contributed by atoms with Crippen LogP contribution in [-0.2, 0) is 14.3 Å². The first-order valence-electron chi connectivity index (χ1n) is 4.27. The van der Waals surface area contributed by atoms with Crippen LogP contribution >= 0.6 is 0 Å². The maximum atomic E-state index is 11.3. The fourth-order valence-electron chi connectivity index (χ4n) is 1.51. The molecule has 1 aliphatic rings. The van der Waals surface area contributed by atoms with Crippen LogP contribution in [-0.4, -0.2) is 18.4 Å². The minimum Gasteiger partial charge on any atom is -0.466 e. The van der Waals surface area contributed by atoms with Crippen molar-refractivity contribution < 1.29 is 14.3 Å². The summed E-state index contributed by atoms with van der Waals surface area (Å²) in [6.07, 6.45) is 1.52. The van der Waals surface area contributed by atoms with Gasteiger partial charge >= 0.3 is 5.97 Å². The lowest BCUT2D eigenvalue weighted by molar-refractivity contribution is -0.154. The number of ether oxygens (including phenoxy) is 1. The Morgan fingerprint density at radius 2 is 2.33 bits per heavy atom. The van der Waals surface area contributed by atoms with Gasteiger partial charge in [-0.1, -0.05) is 0 Å². The van der Waals surface area contributed by atoms with E-state index in [1.807, 2.05) is 0 Å². The quantitative estimate of drug-likeness (QED) is 0.587. The summed E-state index contributed by atoms with van der Waals surface area (Å²) in [7, 11) is 0. The molecule has 0 aromatic heterocycles. The molecule has 0 heterocycles. The first-order chi connectivity index (χ1) is 5.58. The van der Waals surface area contributed by atoms with Crippen LogP contribution in [0.15, 0.2) is 0 Å². The van der Waals surface area contributed by atoms with Crippen LogP contribution in [0, 0.1) is 5.41 Å². The van der Waals surface area contributed by atoms with Crippen molar-refractivity contribution in [1.82, 2.24) is 0 Å². The molecule has 0 aliphatic heterocycles. The summed E-state index contributed by atoms with van der Waals surface area (Å²) in [5.41, 5.74) is -0.535. The highest BCUT2D eigenvalue weighted by Crippen LogP contribution is 2.36. The number of hydrogen-bond donors (Lipinski definition) is 0. The lowest BCUT2D eigenvalue weighted by atomic mass is 9.89. The number of ketones is 1. The Balaban J connectivity index is 2.60. The summed E-state index contributed by atoms with van der Waals surface area (Å²) in [6.45, 7) is 3.97. The lowest BCUT2D eigenvalue weighted by Gasteiger charge is -2.19. The minimum atomic E-state index is -0.535. The molecule has 0 spiro atoms. The van der Waals surface area contributed by atoms with E-state index >= 15 is 0 Å². The standard InChI is InChI=1S/C9H14O3/c1-3-12-8(11)9(2)5-4-7(10)6-9/h3-6H2,1-2H3. The van der Waals surface area contributed by atoms with E-state index in [1.165, 1.54) is 0 Å². The summed E-state index contributed by atoms with van der Waals surface area (Å²) in [6, 6.07) is 0. The number of esters is 1. The zero-order chi connectivity index (χ0) is 9.19. The zero-order valence-electron chi connectivity index (χ0n) is 7.55. The van der Waals surface area contributed by atoms with Gasteiger partial charge in [0.2, 0.25) is 0 Å². The van der Waals surface area contributed by atoms with Crippen LogP contribution in [0.4, 0.5) is 0 Å². The van der Waals surface area contributed by atoms with Gasteiger partial charge in [0.1, 0.15) is 5.78 Å². The average Bonchev–Trinajstić information content (AvgIpc) is 2.33. The molecule has 1 aliphatic carbocycles. The van der Waals surface area contributed by atoms with Gasteiger partial charge < -0.3 is 4.74 Å². The molecular formula is C9H14O3. The summed E-state index contributed by atoms with van der Waals surface area (Å²) in [5, 5.41) is 0. The molecule has 1 rings (SSSR count). The highest BCUT2D eigenvalue weighted by atomic mass is 16.5. The highest BCUT2D eigenvalue weighted by molar-refractivity contribution is 5.90. The van der Waals surface area contributed by atoms with E-state index in [1.54, 1.807) is 13.8 Å². The van der Waals surface area contributed by atoms with Gasteiger partial charge in [0.15, 0.2) is 0 Å². The van der Waals surface area contributed by atoms with Gasteiger partial charge in [-0.3, -0.25) is 9.59 Å². The SMILES string of the molecule is CCOC(=O)C1(C)CCC(=O)C1. The molecule has 1 atom stereocenters. The van der Waals surface area contributed by atoms with Crippen LogP contribution in [0.1, 0.15) is 33.1 Å². The van der Waals surface area contributed by atoms with Crippen molar-refractivity contribution in [3.63, 3.8) is 0 Å². The van der Waals surface area contributed by atoms with Crippen LogP contribution < -0.4 is 0 Å². The molecule has 0 amide bonds. The molecule has 3 heteroatoms. The maximum Gasteiger partial charge on any atom is 0.312 e. The van der Waals surface area contributed by atoms with E-state index in [0.717, 1.165) is 0 Å². The highest BCUT2D eigenvalue weighted by Gasteiger charge is 2.41. The monoisotopic (exact) mass is 170 g/mol. The van der Waals surface area contributed by atoms with E-state index in [2.05, 4.69) is 0 Å². The Morgan fingerprint density at radius 1 is 1.67 bits per heavy atom. The Morgan fingerprint density at radius 3 is 2.75 bits per heavy atom. The van der Waals surface area contributed by atoms with E-state index in [9.17, 15) is 9.59 Å².